The van der Waals surface area contributed by atoms with Gasteiger partial charge in [-0.1, -0.05) is 0 Å². The largest absolute Gasteiger partial charge is 0.394 e. The molecule has 0 aromatic carbocycles. The number of rotatable bonds is 2. The lowest BCUT2D eigenvalue weighted by molar-refractivity contribution is -0.0225. The predicted octanol–water partition coefficient (Wildman–Crippen LogP) is 0.265. The molecule has 0 radical (unpaired) electrons. The van der Waals surface area contributed by atoms with Gasteiger partial charge >= 0.3 is 0 Å². The molecule has 0 spiro atoms. The van der Waals surface area contributed by atoms with Gasteiger partial charge < -0.3 is 14.9 Å². The van der Waals surface area contributed by atoms with Crippen molar-refractivity contribution < 1.29 is 14.9 Å². The topological polar surface area (TPSA) is 62.6 Å². The lowest BCUT2D eigenvalue weighted by atomic mass is 10.1. The average Bonchev–Trinajstić information content (AvgIpc) is 2.61. The average molecular weight is 195 g/mol. The van der Waals surface area contributed by atoms with Crippen molar-refractivity contribution in [2.24, 2.45) is 0 Å². The summed E-state index contributed by atoms with van der Waals surface area (Å²) in [5, 5.41) is 18.4. The molecule has 2 N–H and O–H groups in total. The predicted molar refractivity (Wildman–Crippen MR) is 49.6 cm³/mol. The first kappa shape index (κ1) is 9.58. The lowest BCUT2D eigenvalue weighted by Crippen LogP contribution is -2.24. The Morgan fingerprint density at radius 3 is 2.71 bits per heavy atom. The fraction of sp³-hybridized carbons (Fsp3) is 0.500. The second kappa shape index (κ2) is 4.04. The fourth-order valence-corrected chi connectivity index (χ4v) is 1.69. The minimum Gasteiger partial charge on any atom is -0.394 e. The molecule has 1 saturated heterocycles. The van der Waals surface area contributed by atoms with Gasteiger partial charge in [0.15, 0.2) is 0 Å². The lowest BCUT2D eigenvalue weighted by Gasteiger charge is -2.11. The van der Waals surface area contributed by atoms with Crippen molar-refractivity contribution >= 4 is 0 Å². The molecule has 4 heteroatoms. The summed E-state index contributed by atoms with van der Waals surface area (Å²) in [6, 6.07) is 3.72. The van der Waals surface area contributed by atoms with E-state index in [0.717, 1.165) is 5.56 Å². The molecular weight excluding hydrogens is 182 g/mol. The number of hydrogen-bond acceptors (Lipinski definition) is 4. The van der Waals surface area contributed by atoms with Gasteiger partial charge in [-0.2, -0.15) is 0 Å². The van der Waals surface area contributed by atoms with Gasteiger partial charge in [-0.3, -0.25) is 4.98 Å². The molecule has 0 saturated carbocycles. The maximum Gasteiger partial charge on any atom is 0.107 e. The first-order valence-electron chi connectivity index (χ1n) is 4.65. The van der Waals surface area contributed by atoms with Crippen LogP contribution in [0, 0.1) is 0 Å². The fourth-order valence-electron chi connectivity index (χ4n) is 1.69. The first-order chi connectivity index (χ1) is 6.81. The second-order valence-electron chi connectivity index (χ2n) is 3.43. The van der Waals surface area contributed by atoms with Crippen LogP contribution < -0.4 is 0 Å². The molecule has 14 heavy (non-hydrogen) atoms. The summed E-state index contributed by atoms with van der Waals surface area (Å²) >= 11 is 0. The van der Waals surface area contributed by atoms with Crippen LogP contribution in [-0.4, -0.2) is 34.0 Å². The number of ether oxygens (including phenoxy) is 1. The van der Waals surface area contributed by atoms with Crippen LogP contribution in [0.1, 0.15) is 18.1 Å². The molecule has 1 fully saturated rings. The highest BCUT2D eigenvalue weighted by atomic mass is 16.5. The van der Waals surface area contributed by atoms with Crippen molar-refractivity contribution in [3.63, 3.8) is 0 Å². The molecule has 0 amide bonds. The maximum absolute atomic E-state index is 9.52. The molecule has 0 bridgehead atoms. The molecule has 1 aromatic rings. The normalized spacial score (nSPS) is 32.0. The molecule has 0 unspecified atom stereocenters. The molecule has 1 aliphatic heterocycles. The van der Waals surface area contributed by atoms with E-state index in [1.54, 1.807) is 12.4 Å². The quantitative estimate of drug-likeness (QED) is 0.710. The number of nitrogens with zero attached hydrogens (tertiary/aromatic N) is 1. The van der Waals surface area contributed by atoms with Crippen molar-refractivity contribution in [2.45, 2.75) is 24.7 Å². The summed E-state index contributed by atoms with van der Waals surface area (Å²) in [6.07, 6.45) is 2.78. The zero-order valence-corrected chi connectivity index (χ0v) is 7.71. The Morgan fingerprint density at radius 2 is 2.14 bits per heavy atom. The van der Waals surface area contributed by atoms with Crippen LogP contribution in [0.25, 0.3) is 0 Å². The van der Waals surface area contributed by atoms with Gasteiger partial charge in [0.1, 0.15) is 6.10 Å². The first-order valence-corrected chi connectivity index (χ1v) is 4.65. The van der Waals surface area contributed by atoms with Crippen LogP contribution in [0.3, 0.4) is 0 Å². The maximum atomic E-state index is 9.52. The van der Waals surface area contributed by atoms with Gasteiger partial charge in [0.05, 0.1) is 18.8 Å². The molecule has 2 heterocycles. The van der Waals surface area contributed by atoms with Crippen LogP contribution in [-0.2, 0) is 4.74 Å². The van der Waals surface area contributed by atoms with Gasteiger partial charge in [-0.15, -0.1) is 0 Å². The monoisotopic (exact) mass is 195 g/mol. The molecule has 1 aliphatic rings. The number of aliphatic hydroxyl groups is 2. The van der Waals surface area contributed by atoms with Crippen molar-refractivity contribution in [1.29, 1.82) is 0 Å². The Labute approximate surface area is 82.2 Å². The Bertz CT molecular complexity index is 291. The summed E-state index contributed by atoms with van der Waals surface area (Å²) in [4.78, 5) is 3.91. The van der Waals surface area contributed by atoms with Gasteiger partial charge in [0.2, 0.25) is 0 Å². The summed E-state index contributed by atoms with van der Waals surface area (Å²) in [7, 11) is 0. The summed E-state index contributed by atoms with van der Waals surface area (Å²) < 4.78 is 5.48. The number of hydrogen-bond donors (Lipinski definition) is 2. The van der Waals surface area contributed by atoms with E-state index in [2.05, 4.69) is 4.98 Å². The van der Waals surface area contributed by atoms with E-state index >= 15 is 0 Å². The van der Waals surface area contributed by atoms with Crippen LogP contribution in [0.15, 0.2) is 24.5 Å². The number of aromatic nitrogens is 1. The number of aliphatic hydroxyl groups excluding tert-OH is 2. The van der Waals surface area contributed by atoms with E-state index in [9.17, 15) is 5.11 Å². The van der Waals surface area contributed by atoms with Gasteiger partial charge in [0.25, 0.3) is 0 Å². The highest BCUT2D eigenvalue weighted by Gasteiger charge is 2.33. The SMILES string of the molecule is OC[C@@H]1O[C@H](c2ccncc2)C[C@H]1O. The van der Waals surface area contributed by atoms with E-state index in [1.807, 2.05) is 12.1 Å². The van der Waals surface area contributed by atoms with Crippen LogP contribution in [0.2, 0.25) is 0 Å². The molecule has 76 valence electrons. The van der Waals surface area contributed by atoms with Gasteiger partial charge in [-0.05, 0) is 17.7 Å². The third kappa shape index (κ3) is 1.77. The second-order valence-corrected chi connectivity index (χ2v) is 3.43. The summed E-state index contributed by atoms with van der Waals surface area (Å²) in [5.74, 6) is 0. The standard InChI is InChI=1S/C10H13NO3/c12-6-10-8(13)5-9(14-10)7-1-3-11-4-2-7/h1-4,8-10,12-13H,5-6H2/t8-,9+,10+/m1/s1. The van der Waals surface area contributed by atoms with E-state index in [-0.39, 0.29) is 12.7 Å². The Morgan fingerprint density at radius 1 is 1.43 bits per heavy atom. The van der Waals surface area contributed by atoms with Crippen LogP contribution >= 0.6 is 0 Å². The van der Waals surface area contributed by atoms with E-state index in [1.165, 1.54) is 0 Å². The van der Waals surface area contributed by atoms with Gasteiger partial charge in [-0.25, -0.2) is 0 Å². The highest BCUT2D eigenvalue weighted by molar-refractivity contribution is 5.15. The molecule has 2 rings (SSSR count). The zero-order valence-electron chi connectivity index (χ0n) is 7.71. The minimum absolute atomic E-state index is 0.120. The Hall–Kier alpha value is -0.970. The van der Waals surface area contributed by atoms with Crippen LogP contribution in [0.5, 0.6) is 0 Å². The van der Waals surface area contributed by atoms with E-state index in [0.29, 0.717) is 6.42 Å². The molecule has 1 aromatic heterocycles. The molecule has 4 nitrogen and oxygen atoms in total. The van der Waals surface area contributed by atoms with E-state index < -0.39 is 12.2 Å². The van der Waals surface area contributed by atoms with Crippen molar-refractivity contribution in [3.05, 3.63) is 30.1 Å². The molecular formula is C10H13NO3. The summed E-state index contributed by atoms with van der Waals surface area (Å²) in [6.45, 7) is -0.136. The summed E-state index contributed by atoms with van der Waals surface area (Å²) in [5.41, 5.74) is 0.995. The van der Waals surface area contributed by atoms with Crippen molar-refractivity contribution in [3.8, 4) is 0 Å². The Balaban J connectivity index is 2.09. The smallest absolute Gasteiger partial charge is 0.107 e. The number of pyridine rings is 1. The third-order valence-corrected chi connectivity index (χ3v) is 2.48. The Kier molecular flexibility index (Phi) is 2.77. The zero-order chi connectivity index (χ0) is 9.97. The molecule has 0 aliphatic carbocycles. The third-order valence-electron chi connectivity index (χ3n) is 2.48. The van der Waals surface area contributed by atoms with E-state index in [4.69, 9.17) is 9.84 Å². The van der Waals surface area contributed by atoms with Crippen LogP contribution in [0.4, 0.5) is 0 Å². The highest BCUT2D eigenvalue weighted by Crippen LogP contribution is 2.32. The molecule has 3 atom stereocenters. The van der Waals surface area contributed by atoms with Gasteiger partial charge in [0, 0.05) is 18.8 Å². The van der Waals surface area contributed by atoms with Crippen molar-refractivity contribution in [1.82, 2.24) is 4.98 Å². The van der Waals surface area contributed by atoms with Crippen molar-refractivity contribution in [2.75, 3.05) is 6.61 Å². The minimum atomic E-state index is -0.571.